The highest BCUT2D eigenvalue weighted by atomic mass is 35.5. The fraction of sp³-hybridized carbons (Fsp3) is 0.391. The number of amides is 1. The highest BCUT2D eigenvalue weighted by Crippen LogP contribution is 2.48. The van der Waals surface area contributed by atoms with Gasteiger partial charge >= 0.3 is 7.60 Å². The topological polar surface area (TPSA) is 118 Å². The summed E-state index contributed by atoms with van der Waals surface area (Å²) in [7, 11) is -4.39. The molecule has 0 saturated heterocycles. The second-order valence-corrected chi connectivity index (χ2v) is 11.8. The van der Waals surface area contributed by atoms with E-state index in [0.29, 0.717) is 29.3 Å². The minimum atomic E-state index is -4.39. The van der Waals surface area contributed by atoms with Crippen molar-refractivity contribution in [1.29, 1.82) is 0 Å². The largest absolute Gasteiger partial charge is 0.491 e. The van der Waals surface area contributed by atoms with Gasteiger partial charge in [0.15, 0.2) is 5.13 Å². The molecule has 184 valence electrons. The Balaban J connectivity index is 1.85. The summed E-state index contributed by atoms with van der Waals surface area (Å²) in [5.74, 6) is 0.493. The van der Waals surface area contributed by atoms with Crippen LogP contribution in [-0.4, -0.2) is 32.4 Å². The zero-order valence-electron chi connectivity index (χ0n) is 19.4. The van der Waals surface area contributed by atoms with Crippen LogP contribution in [0.3, 0.4) is 0 Å². The first-order chi connectivity index (χ1) is 15.8. The molecule has 11 heteroatoms. The molecule has 0 fully saturated rings. The zero-order chi connectivity index (χ0) is 25.1. The molecule has 1 unspecified atom stereocenters. The van der Waals surface area contributed by atoms with E-state index in [1.165, 1.54) is 29.6 Å². The summed E-state index contributed by atoms with van der Waals surface area (Å²) >= 11 is 7.76. The Morgan fingerprint density at radius 2 is 2.09 bits per heavy atom. The van der Waals surface area contributed by atoms with Gasteiger partial charge in [-0.1, -0.05) is 17.7 Å². The van der Waals surface area contributed by atoms with Gasteiger partial charge in [0.05, 0.1) is 11.1 Å². The second kappa shape index (κ2) is 10.6. The molecule has 1 aromatic heterocycles. The summed E-state index contributed by atoms with van der Waals surface area (Å²) in [6, 6.07) is 0. The Morgan fingerprint density at radius 3 is 2.71 bits per heavy atom. The molecule has 0 bridgehead atoms. The average Bonchev–Trinajstić information content (AvgIpc) is 2.92. The Kier molecular flexibility index (Phi) is 8.26. The van der Waals surface area contributed by atoms with E-state index >= 15 is 0 Å². The Morgan fingerprint density at radius 1 is 1.35 bits per heavy atom. The Bertz CT molecular complexity index is 1160. The maximum absolute atomic E-state index is 12.9. The van der Waals surface area contributed by atoms with Crippen LogP contribution in [0.2, 0.25) is 0 Å². The maximum Gasteiger partial charge on any atom is 0.352 e. The van der Waals surface area contributed by atoms with Crippen molar-refractivity contribution in [3.05, 3.63) is 68.9 Å². The summed E-state index contributed by atoms with van der Waals surface area (Å²) < 4.78 is 23.8. The molecule has 1 atom stereocenters. The van der Waals surface area contributed by atoms with Gasteiger partial charge in [0.25, 0.3) is 5.91 Å². The molecule has 34 heavy (non-hydrogen) atoms. The van der Waals surface area contributed by atoms with Crippen molar-refractivity contribution in [3.8, 4) is 0 Å². The van der Waals surface area contributed by atoms with Crippen LogP contribution in [0.15, 0.2) is 64.0 Å². The van der Waals surface area contributed by atoms with E-state index < -0.39 is 13.2 Å². The van der Waals surface area contributed by atoms with Crippen molar-refractivity contribution in [3.63, 3.8) is 0 Å². The van der Waals surface area contributed by atoms with Crippen molar-refractivity contribution in [1.82, 2.24) is 4.98 Å². The fourth-order valence-electron chi connectivity index (χ4n) is 3.40. The molecule has 1 heterocycles. The number of aryl methyl sites for hydroxylation is 1. The SMILES string of the molecule is Cc1cnc(NC(=O)C2=CC(OC(C)C)=CC(C)(OC3=CC=C(P(=O)(O)O)CC=C3Cl)CC2)s1. The second-order valence-electron chi connectivity index (χ2n) is 8.52. The molecule has 8 nitrogen and oxygen atoms in total. The van der Waals surface area contributed by atoms with Crippen LogP contribution in [0.25, 0.3) is 0 Å². The van der Waals surface area contributed by atoms with Gasteiger partial charge in [0, 0.05) is 34.5 Å². The number of ether oxygens (including phenoxy) is 2. The number of allylic oxidation sites excluding steroid dienone is 6. The summed E-state index contributed by atoms with van der Waals surface area (Å²) in [6.45, 7) is 7.53. The third kappa shape index (κ3) is 7.17. The Hall–Kier alpha value is -2.16. The maximum atomic E-state index is 12.9. The van der Waals surface area contributed by atoms with Gasteiger partial charge in [0.1, 0.15) is 17.1 Å². The number of halogens is 1. The molecule has 1 aromatic rings. The van der Waals surface area contributed by atoms with E-state index in [0.717, 1.165) is 4.88 Å². The highest BCUT2D eigenvalue weighted by Gasteiger charge is 2.32. The van der Waals surface area contributed by atoms with Crippen LogP contribution < -0.4 is 5.32 Å². The quantitative estimate of drug-likeness (QED) is 0.392. The number of hydrogen-bond acceptors (Lipinski definition) is 6. The third-order valence-corrected chi connectivity index (χ3v) is 7.28. The van der Waals surface area contributed by atoms with Gasteiger partial charge in [0.2, 0.25) is 0 Å². The van der Waals surface area contributed by atoms with E-state index in [1.807, 2.05) is 27.7 Å². The molecule has 0 aliphatic heterocycles. The minimum Gasteiger partial charge on any atom is -0.491 e. The molecular formula is C23H28ClN2O6PS. The molecule has 0 radical (unpaired) electrons. The van der Waals surface area contributed by atoms with Crippen molar-refractivity contribution in [2.75, 3.05) is 5.32 Å². The third-order valence-electron chi connectivity index (χ3n) is 5.03. The first-order valence-corrected chi connectivity index (χ1v) is 13.5. The summed E-state index contributed by atoms with van der Waals surface area (Å²) in [5.41, 5.74) is -0.381. The van der Waals surface area contributed by atoms with Crippen LogP contribution in [0.5, 0.6) is 0 Å². The van der Waals surface area contributed by atoms with Crippen molar-refractivity contribution < 1.29 is 28.6 Å². The number of carbonyl (C=O) groups is 1. The average molecular weight is 527 g/mol. The number of nitrogens with zero attached hydrogens (tertiary/aromatic N) is 1. The number of hydrogen-bond donors (Lipinski definition) is 3. The van der Waals surface area contributed by atoms with E-state index in [2.05, 4.69) is 10.3 Å². The smallest absolute Gasteiger partial charge is 0.352 e. The first-order valence-electron chi connectivity index (χ1n) is 10.7. The molecular weight excluding hydrogens is 499 g/mol. The number of anilines is 1. The van der Waals surface area contributed by atoms with Crippen LogP contribution in [0.4, 0.5) is 5.13 Å². The van der Waals surface area contributed by atoms with Gasteiger partial charge < -0.3 is 19.3 Å². The monoisotopic (exact) mass is 526 g/mol. The zero-order valence-corrected chi connectivity index (χ0v) is 21.8. The number of carbonyl (C=O) groups excluding carboxylic acids is 1. The number of aromatic nitrogens is 1. The Labute approximate surface area is 207 Å². The van der Waals surface area contributed by atoms with Gasteiger partial charge in [-0.25, -0.2) is 4.98 Å². The van der Waals surface area contributed by atoms with E-state index in [4.69, 9.17) is 21.1 Å². The predicted molar refractivity (Wildman–Crippen MR) is 133 cm³/mol. The first kappa shape index (κ1) is 26.4. The van der Waals surface area contributed by atoms with Crippen LogP contribution >= 0.6 is 30.5 Å². The normalized spacial score (nSPS) is 21.4. The predicted octanol–water partition coefficient (Wildman–Crippen LogP) is 5.67. The molecule has 2 aliphatic carbocycles. The minimum absolute atomic E-state index is 0.0167. The fourth-order valence-corrected chi connectivity index (χ4v) is 4.83. The molecule has 0 saturated carbocycles. The lowest BCUT2D eigenvalue weighted by molar-refractivity contribution is -0.113. The molecule has 3 rings (SSSR count). The molecule has 0 aromatic carbocycles. The van der Waals surface area contributed by atoms with Crippen molar-refractivity contribution in [2.45, 2.75) is 58.7 Å². The van der Waals surface area contributed by atoms with E-state index in [-0.39, 0.29) is 34.5 Å². The summed E-state index contributed by atoms with van der Waals surface area (Å²) in [6.07, 6.45) is 10.2. The van der Waals surface area contributed by atoms with Gasteiger partial charge in [-0.05, 0) is 58.8 Å². The van der Waals surface area contributed by atoms with Crippen LogP contribution in [0.1, 0.15) is 44.9 Å². The molecule has 3 N–H and O–H groups in total. The lowest BCUT2D eigenvalue weighted by Gasteiger charge is -2.29. The number of rotatable bonds is 7. The van der Waals surface area contributed by atoms with Gasteiger partial charge in [-0.3, -0.25) is 14.7 Å². The molecule has 1 amide bonds. The lowest BCUT2D eigenvalue weighted by atomic mass is 9.98. The van der Waals surface area contributed by atoms with E-state index in [1.54, 1.807) is 18.3 Å². The van der Waals surface area contributed by atoms with Crippen molar-refractivity contribution >= 4 is 41.6 Å². The van der Waals surface area contributed by atoms with E-state index in [9.17, 15) is 19.1 Å². The van der Waals surface area contributed by atoms with Crippen LogP contribution in [0, 0.1) is 6.92 Å². The molecule has 0 spiro atoms. The summed E-state index contributed by atoms with van der Waals surface area (Å²) in [5, 5.41) is 3.55. The van der Waals surface area contributed by atoms with Gasteiger partial charge in [-0.15, -0.1) is 11.3 Å². The standard InChI is InChI=1S/C23H28ClN2O6PS/c1-14(2)31-17-11-16(21(27)26-22-25-13-15(3)34-22)9-10-23(4,12-17)32-20-8-6-18(33(28,29)30)5-7-19(20)24/h6-8,11-14H,5,9-10H2,1-4H3,(H,25,26,27)(H2,28,29,30). The van der Waals surface area contributed by atoms with Crippen LogP contribution in [-0.2, 0) is 18.8 Å². The summed E-state index contributed by atoms with van der Waals surface area (Å²) in [4.78, 5) is 37.1. The number of nitrogens with one attached hydrogen (secondary N) is 1. The highest BCUT2D eigenvalue weighted by molar-refractivity contribution is 7.56. The van der Waals surface area contributed by atoms with Gasteiger partial charge in [-0.2, -0.15) is 0 Å². The van der Waals surface area contributed by atoms with Crippen molar-refractivity contribution in [2.24, 2.45) is 0 Å². The molecule has 2 aliphatic rings. The number of thiazole rings is 1. The lowest BCUT2D eigenvalue weighted by Crippen LogP contribution is -2.27.